The van der Waals surface area contributed by atoms with Gasteiger partial charge in [-0.15, -0.1) is 0 Å². The fraction of sp³-hybridized carbons (Fsp3) is 0.500. The Labute approximate surface area is 123 Å². The van der Waals surface area contributed by atoms with Crippen LogP contribution in [0.4, 0.5) is 5.69 Å². The molecule has 0 radical (unpaired) electrons. The molecule has 4 rings (SSSR count). The normalized spacial score (nSPS) is 31.9. The summed E-state index contributed by atoms with van der Waals surface area (Å²) in [4.78, 5) is 12.6. The Morgan fingerprint density at radius 2 is 2.15 bits per heavy atom. The van der Waals surface area contributed by atoms with Crippen LogP contribution in [0.5, 0.6) is 0 Å². The first-order chi connectivity index (χ1) is 9.74. The molecular formula is C14H16N4OSe. The van der Waals surface area contributed by atoms with Crippen LogP contribution in [-0.4, -0.2) is 34.9 Å². The van der Waals surface area contributed by atoms with Crippen molar-refractivity contribution in [1.82, 2.24) is 7.96 Å². The maximum absolute atomic E-state index is 12.6. The van der Waals surface area contributed by atoms with Crippen LogP contribution in [0.3, 0.4) is 0 Å². The first kappa shape index (κ1) is 12.5. The Bertz CT molecular complexity index is 668. The van der Waals surface area contributed by atoms with Crippen LogP contribution in [0.25, 0.3) is 11.0 Å². The van der Waals surface area contributed by atoms with E-state index in [0.717, 1.165) is 29.6 Å². The first-order valence-corrected chi connectivity index (χ1v) is 8.55. The third-order valence-electron chi connectivity index (χ3n) is 4.83. The third-order valence-corrected chi connectivity index (χ3v) is 5.97. The average molecular weight is 335 g/mol. The van der Waals surface area contributed by atoms with Gasteiger partial charge in [-0.2, -0.15) is 0 Å². The predicted molar refractivity (Wildman–Crippen MR) is 77.4 cm³/mol. The number of carbonyl (C=O) groups excluding carboxylic acids is 1. The van der Waals surface area contributed by atoms with Gasteiger partial charge in [0.05, 0.1) is 0 Å². The van der Waals surface area contributed by atoms with Gasteiger partial charge in [0.25, 0.3) is 0 Å². The topological polar surface area (TPSA) is 80.9 Å². The second kappa shape index (κ2) is 4.65. The zero-order valence-electron chi connectivity index (χ0n) is 11.0. The van der Waals surface area contributed by atoms with Gasteiger partial charge in [0, 0.05) is 0 Å². The molecule has 4 atom stereocenters. The monoisotopic (exact) mass is 336 g/mol. The van der Waals surface area contributed by atoms with E-state index in [1.807, 2.05) is 18.2 Å². The summed E-state index contributed by atoms with van der Waals surface area (Å²) in [6.45, 7) is 0. The van der Waals surface area contributed by atoms with Crippen molar-refractivity contribution in [3.05, 3.63) is 18.2 Å². The van der Waals surface area contributed by atoms with Crippen molar-refractivity contribution < 1.29 is 4.79 Å². The average Bonchev–Trinajstić information content (AvgIpc) is 3.13. The summed E-state index contributed by atoms with van der Waals surface area (Å²) < 4.78 is 8.73. The van der Waals surface area contributed by atoms with Gasteiger partial charge in [0.2, 0.25) is 0 Å². The van der Waals surface area contributed by atoms with Crippen molar-refractivity contribution in [3.8, 4) is 0 Å². The van der Waals surface area contributed by atoms with E-state index in [9.17, 15) is 4.79 Å². The Hall–Kier alpha value is -1.23. The number of nitrogens with one attached hydrogen (secondary N) is 1. The molecule has 20 heavy (non-hydrogen) atoms. The molecule has 2 aliphatic rings. The second-order valence-corrected chi connectivity index (χ2v) is 6.97. The number of nitrogens with two attached hydrogens (primary N) is 1. The molecule has 2 fully saturated rings. The van der Waals surface area contributed by atoms with Gasteiger partial charge in [-0.3, -0.25) is 0 Å². The number of anilines is 1. The van der Waals surface area contributed by atoms with E-state index in [0.29, 0.717) is 11.8 Å². The standard InChI is InChI=1S/C14H16N4OSe/c15-12-8-5-4-7(6-8)11(12)14(19)16-9-2-1-3-10-13(9)18-20-17-10/h1-3,7-8,11-12H,4-6,15H2,(H,16,19). The fourth-order valence-electron chi connectivity index (χ4n) is 3.85. The van der Waals surface area contributed by atoms with Crippen molar-refractivity contribution in [2.45, 2.75) is 25.3 Å². The summed E-state index contributed by atoms with van der Waals surface area (Å²) in [5.41, 5.74) is 8.73. The Kier molecular flexibility index (Phi) is 2.91. The van der Waals surface area contributed by atoms with Crippen LogP contribution in [-0.2, 0) is 4.79 Å². The first-order valence-electron chi connectivity index (χ1n) is 7.02. The van der Waals surface area contributed by atoms with Gasteiger partial charge in [-0.25, -0.2) is 0 Å². The van der Waals surface area contributed by atoms with E-state index in [-0.39, 0.29) is 32.8 Å². The molecule has 6 heteroatoms. The van der Waals surface area contributed by atoms with E-state index in [2.05, 4.69) is 13.3 Å². The SMILES string of the molecule is NC1C2CCC(C2)C1C(=O)Nc1cccc2n[se]nc12. The van der Waals surface area contributed by atoms with Gasteiger partial charge in [-0.1, -0.05) is 0 Å². The molecule has 2 saturated carbocycles. The van der Waals surface area contributed by atoms with Gasteiger partial charge in [0.1, 0.15) is 0 Å². The minimum absolute atomic E-state index is 0.0244. The number of rotatable bonds is 2. The van der Waals surface area contributed by atoms with Crippen LogP contribution in [0.2, 0.25) is 0 Å². The molecular weight excluding hydrogens is 319 g/mol. The molecule has 0 spiro atoms. The van der Waals surface area contributed by atoms with Crippen molar-refractivity contribution in [2.75, 3.05) is 5.32 Å². The van der Waals surface area contributed by atoms with Gasteiger partial charge >= 0.3 is 123 Å². The molecule has 2 bridgehead atoms. The molecule has 3 N–H and O–H groups in total. The second-order valence-electron chi connectivity index (χ2n) is 5.86. The Balaban J connectivity index is 1.60. The summed E-state index contributed by atoms with van der Waals surface area (Å²) in [5.74, 6) is 1.04. The van der Waals surface area contributed by atoms with Crippen molar-refractivity contribution in [3.63, 3.8) is 0 Å². The number of nitrogens with zero attached hydrogens (tertiary/aromatic N) is 2. The quantitative estimate of drug-likeness (QED) is 0.803. The summed E-state index contributed by atoms with van der Waals surface area (Å²) in [6.07, 6.45) is 3.45. The molecule has 4 unspecified atom stereocenters. The van der Waals surface area contributed by atoms with E-state index in [4.69, 9.17) is 5.73 Å². The van der Waals surface area contributed by atoms with Crippen molar-refractivity contribution in [2.24, 2.45) is 23.5 Å². The molecule has 2 aliphatic carbocycles. The number of hydrogen-bond donors (Lipinski definition) is 2. The van der Waals surface area contributed by atoms with Crippen molar-refractivity contribution in [1.29, 1.82) is 0 Å². The molecule has 1 amide bonds. The molecule has 0 aliphatic heterocycles. The van der Waals surface area contributed by atoms with Crippen LogP contribution >= 0.6 is 0 Å². The van der Waals surface area contributed by atoms with Crippen LogP contribution < -0.4 is 11.1 Å². The number of hydrogen-bond acceptors (Lipinski definition) is 4. The van der Waals surface area contributed by atoms with E-state index in [1.54, 1.807) is 0 Å². The zero-order chi connectivity index (χ0) is 13.7. The number of fused-ring (bicyclic) bond motifs is 3. The predicted octanol–water partition coefficient (Wildman–Crippen LogP) is 0.999. The van der Waals surface area contributed by atoms with Crippen LogP contribution in [0.15, 0.2) is 18.2 Å². The molecule has 1 aromatic carbocycles. The van der Waals surface area contributed by atoms with Gasteiger partial charge < -0.3 is 0 Å². The number of benzene rings is 1. The maximum atomic E-state index is 12.6. The summed E-state index contributed by atoms with van der Waals surface area (Å²) in [6, 6.07) is 5.77. The molecule has 1 heterocycles. The number of amides is 1. The molecule has 0 saturated heterocycles. The van der Waals surface area contributed by atoms with E-state index >= 15 is 0 Å². The Morgan fingerprint density at radius 3 is 2.95 bits per heavy atom. The molecule has 1 aromatic heterocycles. The van der Waals surface area contributed by atoms with Gasteiger partial charge in [-0.05, 0) is 0 Å². The zero-order valence-corrected chi connectivity index (χ0v) is 12.7. The molecule has 5 nitrogen and oxygen atoms in total. The van der Waals surface area contributed by atoms with Crippen LogP contribution in [0.1, 0.15) is 19.3 Å². The molecule has 104 valence electrons. The third kappa shape index (κ3) is 1.83. The fourth-order valence-corrected chi connectivity index (χ4v) is 5.00. The summed E-state index contributed by atoms with van der Waals surface area (Å²) >= 11 is -0.0774. The summed E-state index contributed by atoms with van der Waals surface area (Å²) in [5, 5.41) is 3.04. The number of aromatic nitrogens is 2. The van der Waals surface area contributed by atoms with Crippen molar-refractivity contribution >= 4 is 37.6 Å². The summed E-state index contributed by atoms with van der Waals surface area (Å²) in [7, 11) is 0. The molecule has 2 aromatic rings. The Morgan fingerprint density at radius 1 is 1.30 bits per heavy atom. The number of carbonyl (C=O) groups is 1. The van der Waals surface area contributed by atoms with Gasteiger partial charge in [0.15, 0.2) is 0 Å². The van der Waals surface area contributed by atoms with E-state index < -0.39 is 0 Å². The van der Waals surface area contributed by atoms with Crippen LogP contribution in [0, 0.1) is 17.8 Å². The minimum atomic E-state index is -0.0774. The van der Waals surface area contributed by atoms with E-state index in [1.165, 1.54) is 6.42 Å².